The highest BCUT2D eigenvalue weighted by atomic mass is 16.5. The van der Waals surface area contributed by atoms with Crippen LogP contribution >= 0.6 is 0 Å². The lowest BCUT2D eigenvalue weighted by Gasteiger charge is -2.10. The van der Waals surface area contributed by atoms with Crippen molar-refractivity contribution in [3.8, 4) is 5.75 Å². The van der Waals surface area contributed by atoms with Crippen molar-refractivity contribution in [2.24, 2.45) is 0 Å². The number of phenols is 1. The molecule has 0 saturated carbocycles. The third kappa shape index (κ3) is 4.85. The number of esters is 1. The van der Waals surface area contributed by atoms with E-state index >= 15 is 0 Å². The molecule has 0 aromatic heterocycles. The third-order valence-corrected chi connectivity index (χ3v) is 3.53. The van der Waals surface area contributed by atoms with E-state index in [2.05, 4.69) is 5.32 Å². The van der Waals surface area contributed by atoms with Gasteiger partial charge in [0.15, 0.2) is 6.61 Å². The highest BCUT2D eigenvalue weighted by molar-refractivity contribution is 5.93. The quantitative estimate of drug-likeness (QED) is 0.832. The van der Waals surface area contributed by atoms with Gasteiger partial charge in [0.2, 0.25) is 0 Å². The summed E-state index contributed by atoms with van der Waals surface area (Å²) in [5.41, 5.74) is 3.48. The number of hydrogen-bond donors (Lipinski definition) is 2. The molecular weight excluding hydrogens is 294 g/mol. The highest BCUT2D eigenvalue weighted by Crippen LogP contribution is 2.17. The fourth-order valence-corrected chi connectivity index (χ4v) is 2.05. The number of benzene rings is 2. The van der Waals surface area contributed by atoms with Crippen LogP contribution in [0, 0.1) is 13.8 Å². The molecule has 120 valence electrons. The van der Waals surface area contributed by atoms with Crippen molar-refractivity contribution in [3.63, 3.8) is 0 Å². The molecule has 0 saturated heterocycles. The van der Waals surface area contributed by atoms with Crippen LogP contribution in [0.5, 0.6) is 5.75 Å². The molecule has 0 fully saturated rings. The first-order valence-electron chi connectivity index (χ1n) is 7.25. The van der Waals surface area contributed by atoms with Gasteiger partial charge in [-0.15, -0.1) is 0 Å². The first-order valence-corrected chi connectivity index (χ1v) is 7.25. The molecule has 0 radical (unpaired) electrons. The van der Waals surface area contributed by atoms with Crippen molar-refractivity contribution in [3.05, 3.63) is 59.2 Å². The van der Waals surface area contributed by atoms with Crippen LogP contribution in [0.2, 0.25) is 0 Å². The Labute approximate surface area is 134 Å². The van der Waals surface area contributed by atoms with Crippen LogP contribution in [0.3, 0.4) is 0 Å². The Morgan fingerprint density at radius 1 is 1.09 bits per heavy atom. The number of carbonyl (C=O) groups excluding carboxylic acids is 2. The SMILES string of the molecule is Cc1cccc(NC(=O)COC(=O)Cc2ccc(O)cc2)c1C. The summed E-state index contributed by atoms with van der Waals surface area (Å²) >= 11 is 0. The topological polar surface area (TPSA) is 75.6 Å². The summed E-state index contributed by atoms with van der Waals surface area (Å²) in [6, 6.07) is 11.9. The van der Waals surface area contributed by atoms with Gasteiger partial charge in [-0.3, -0.25) is 9.59 Å². The fraction of sp³-hybridized carbons (Fsp3) is 0.222. The standard InChI is InChI=1S/C18H19NO4/c1-12-4-3-5-16(13(12)2)19-17(21)11-23-18(22)10-14-6-8-15(20)9-7-14/h3-9,20H,10-11H2,1-2H3,(H,19,21). The average Bonchev–Trinajstić information content (AvgIpc) is 2.52. The van der Waals surface area contributed by atoms with Crippen molar-refractivity contribution >= 4 is 17.6 Å². The molecule has 1 amide bonds. The van der Waals surface area contributed by atoms with E-state index in [9.17, 15) is 14.7 Å². The van der Waals surface area contributed by atoms with Crippen molar-refractivity contribution in [2.75, 3.05) is 11.9 Å². The Kier molecular flexibility index (Phi) is 5.36. The van der Waals surface area contributed by atoms with Gasteiger partial charge in [0.05, 0.1) is 6.42 Å². The molecule has 0 heterocycles. The molecule has 0 aliphatic heterocycles. The summed E-state index contributed by atoms with van der Waals surface area (Å²) < 4.78 is 4.97. The van der Waals surface area contributed by atoms with E-state index < -0.39 is 5.97 Å². The van der Waals surface area contributed by atoms with Crippen LogP contribution in [0.15, 0.2) is 42.5 Å². The number of aromatic hydroxyl groups is 1. The highest BCUT2D eigenvalue weighted by Gasteiger charge is 2.10. The molecule has 2 rings (SSSR count). The van der Waals surface area contributed by atoms with Crippen molar-refractivity contribution in [1.29, 1.82) is 0 Å². The minimum absolute atomic E-state index is 0.0526. The van der Waals surface area contributed by atoms with E-state index in [0.717, 1.165) is 11.1 Å². The molecule has 23 heavy (non-hydrogen) atoms. The molecule has 0 atom stereocenters. The predicted octanol–water partition coefficient (Wildman–Crippen LogP) is 2.73. The van der Waals surface area contributed by atoms with Gasteiger partial charge in [-0.1, -0.05) is 24.3 Å². The zero-order chi connectivity index (χ0) is 16.8. The zero-order valence-corrected chi connectivity index (χ0v) is 13.1. The summed E-state index contributed by atoms with van der Waals surface area (Å²) in [5, 5.41) is 11.9. The third-order valence-electron chi connectivity index (χ3n) is 3.53. The van der Waals surface area contributed by atoms with Crippen LogP contribution in [0.4, 0.5) is 5.69 Å². The first-order chi connectivity index (χ1) is 11.0. The summed E-state index contributed by atoms with van der Waals surface area (Å²) in [6.45, 7) is 3.55. The van der Waals surface area contributed by atoms with Crippen molar-refractivity contribution in [1.82, 2.24) is 0 Å². The number of amides is 1. The largest absolute Gasteiger partial charge is 0.508 e. The summed E-state index contributed by atoms with van der Waals surface area (Å²) in [6.07, 6.45) is 0.0526. The van der Waals surface area contributed by atoms with Gasteiger partial charge in [-0.05, 0) is 48.7 Å². The molecule has 2 N–H and O–H groups in total. The maximum atomic E-state index is 11.9. The van der Waals surface area contributed by atoms with Crippen LogP contribution in [0.1, 0.15) is 16.7 Å². The van der Waals surface area contributed by atoms with E-state index in [4.69, 9.17) is 4.74 Å². The maximum Gasteiger partial charge on any atom is 0.310 e. The van der Waals surface area contributed by atoms with Crippen molar-refractivity contribution < 1.29 is 19.4 Å². The van der Waals surface area contributed by atoms with E-state index in [1.165, 1.54) is 12.1 Å². The smallest absolute Gasteiger partial charge is 0.310 e. The van der Waals surface area contributed by atoms with Gasteiger partial charge in [0.1, 0.15) is 5.75 Å². The number of aryl methyl sites for hydroxylation is 1. The Morgan fingerprint density at radius 2 is 1.78 bits per heavy atom. The molecule has 5 nitrogen and oxygen atoms in total. The van der Waals surface area contributed by atoms with Gasteiger partial charge < -0.3 is 15.2 Å². The van der Waals surface area contributed by atoms with E-state index in [0.29, 0.717) is 11.3 Å². The summed E-state index contributed by atoms with van der Waals surface area (Å²) in [7, 11) is 0. The Bertz CT molecular complexity index is 707. The number of rotatable bonds is 5. The summed E-state index contributed by atoms with van der Waals surface area (Å²) in [4.78, 5) is 23.6. The molecule has 0 aliphatic rings. The van der Waals surface area contributed by atoms with Gasteiger partial charge in [-0.2, -0.15) is 0 Å². The number of ether oxygens (including phenoxy) is 1. The number of hydrogen-bond acceptors (Lipinski definition) is 4. The minimum Gasteiger partial charge on any atom is -0.508 e. The van der Waals surface area contributed by atoms with E-state index in [1.54, 1.807) is 18.2 Å². The second kappa shape index (κ2) is 7.45. The van der Waals surface area contributed by atoms with E-state index in [-0.39, 0.29) is 24.7 Å². The molecule has 0 bridgehead atoms. The fourth-order valence-electron chi connectivity index (χ4n) is 2.05. The molecule has 5 heteroatoms. The Balaban J connectivity index is 1.83. The van der Waals surface area contributed by atoms with Crippen LogP contribution in [-0.2, 0) is 20.7 Å². The lowest BCUT2D eigenvalue weighted by molar-refractivity contribution is -0.146. The van der Waals surface area contributed by atoms with Crippen LogP contribution < -0.4 is 5.32 Å². The van der Waals surface area contributed by atoms with Gasteiger partial charge >= 0.3 is 5.97 Å². The second-order valence-electron chi connectivity index (χ2n) is 5.30. The first kappa shape index (κ1) is 16.5. The number of anilines is 1. The number of nitrogens with one attached hydrogen (secondary N) is 1. The lowest BCUT2D eigenvalue weighted by Crippen LogP contribution is -2.22. The maximum absolute atomic E-state index is 11.9. The number of phenolic OH excluding ortho intramolecular Hbond substituents is 1. The van der Waals surface area contributed by atoms with E-state index in [1.807, 2.05) is 26.0 Å². The Hall–Kier alpha value is -2.82. The molecule has 0 spiro atoms. The monoisotopic (exact) mass is 313 g/mol. The number of carbonyl (C=O) groups is 2. The zero-order valence-electron chi connectivity index (χ0n) is 13.1. The predicted molar refractivity (Wildman–Crippen MR) is 87.3 cm³/mol. The normalized spacial score (nSPS) is 10.2. The average molecular weight is 313 g/mol. The minimum atomic E-state index is -0.494. The van der Waals surface area contributed by atoms with Crippen LogP contribution in [-0.4, -0.2) is 23.6 Å². The van der Waals surface area contributed by atoms with Crippen LogP contribution in [0.25, 0.3) is 0 Å². The molecule has 0 unspecified atom stereocenters. The van der Waals surface area contributed by atoms with Gasteiger partial charge in [-0.25, -0.2) is 0 Å². The molecule has 2 aromatic carbocycles. The second-order valence-corrected chi connectivity index (χ2v) is 5.30. The lowest BCUT2D eigenvalue weighted by atomic mass is 10.1. The van der Waals surface area contributed by atoms with Gasteiger partial charge in [0.25, 0.3) is 5.91 Å². The molecular formula is C18H19NO4. The Morgan fingerprint density at radius 3 is 2.48 bits per heavy atom. The van der Waals surface area contributed by atoms with Crippen molar-refractivity contribution in [2.45, 2.75) is 20.3 Å². The molecule has 0 aliphatic carbocycles. The summed E-state index contributed by atoms with van der Waals surface area (Å²) in [5.74, 6) is -0.737. The van der Waals surface area contributed by atoms with Gasteiger partial charge in [0, 0.05) is 5.69 Å². The molecule has 2 aromatic rings.